The van der Waals surface area contributed by atoms with E-state index in [1.165, 1.54) is 12.1 Å². The van der Waals surface area contributed by atoms with Gasteiger partial charge in [-0.1, -0.05) is 12.1 Å². The normalized spacial score (nSPS) is 25.5. The number of amides is 3. The van der Waals surface area contributed by atoms with E-state index in [1.54, 1.807) is 12.1 Å². The molecule has 2 aliphatic rings. The summed E-state index contributed by atoms with van der Waals surface area (Å²) in [5, 5.41) is 19.3. The molecule has 3 amide bonds. The van der Waals surface area contributed by atoms with Crippen molar-refractivity contribution in [1.29, 1.82) is 0 Å². The number of nitrogens with one attached hydrogen (secondary N) is 3. The number of nitrogens with zero attached hydrogens (tertiary/aromatic N) is 3. The van der Waals surface area contributed by atoms with Crippen LogP contribution in [0.15, 0.2) is 30.5 Å². The molecule has 2 bridgehead atoms. The molecule has 11 nitrogen and oxygen atoms in total. The van der Waals surface area contributed by atoms with Crippen LogP contribution in [0.2, 0.25) is 5.28 Å². The number of nitrogens with two attached hydrogens (primary N) is 1. The molecule has 0 radical (unpaired) electrons. The van der Waals surface area contributed by atoms with Gasteiger partial charge in [0.1, 0.15) is 0 Å². The Bertz CT molecular complexity index is 1120. The van der Waals surface area contributed by atoms with Gasteiger partial charge in [0, 0.05) is 24.7 Å². The van der Waals surface area contributed by atoms with Crippen molar-refractivity contribution in [1.82, 2.24) is 20.6 Å². The number of nitro benzene ring substituents is 1. The fourth-order valence-corrected chi connectivity index (χ4v) is 5.04. The zero-order valence-corrected chi connectivity index (χ0v) is 18.0. The molecule has 13 heteroatoms. The smallest absolute Gasteiger partial charge is 0.315 e. The zero-order chi connectivity index (χ0) is 23.8. The van der Waals surface area contributed by atoms with E-state index in [9.17, 15) is 24.1 Å². The summed E-state index contributed by atoms with van der Waals surface area (Å²) in [6.07, 6.45) is 2.18. The zero-order valence-electron chi connectivity index (χ0n) is 17.3. The number of hydrogen-bond acceptors (Lipinski definition) is 7. The Kier molecular flexibility index (Phi) is 6.02. The van der Waals surface area contributed by atoms with Crippen LogP contribution >= 0.6 is 11.6 Å². The Hall–Kier alpha value is -3.54. The first-order valence-electron chi connectivity index (χ1n) is 10.2. The van der Waals surface area contributed by atoms with Crippen molar-refractivity contribution in [2.75, 3.05) is 5.32 Å². The van der Waals surface area contributed by atoms with Crippen molar-refractivity contribution in [3.05, 3.63) is 57.2 Å². The number of urea groups is 1. The Labute approximate surface area is 192 Å². The lowest BCUT2D eigenvalue weighted by atomic mass is 9.80. The third-order valence-corrected chi connectivity index (χ3v) is 6.48. The predicted molar refractivity (Wildman–Crippen MR) is 116 cm³/mol. The van der Waals surface area contributed by atoms with Crippen LogP contribution in [0.4, 0.5) is 20.7 Å². The molecule has 4 atom stereocenters. The number of halogens is 2. The first-order chi connectivity index (χ1) is 15.7. The first kappa shape index (κ1) is 22.6. The molecule has 174 valence electrons. The van der Waals surface area contributed by atoms with Gasteiger partial charge in [-0.25, -0.2) is 14.2 Å². The second-order valence-corrected chi connectivity index (χ2v) is 8.67. The topological polar surface area (TPSA) is 165 Å². The number of hydrogen-bond donors (Lipinski definition) is 4. The highest BCUT2D eigenvalue weighted by Gasteiger charge is 2.59. The molecule has 1 aromatic heterocycles. The van der Waals surface area contributed by atoms with Gasteiger partial charge in [-0.05, 0) is 42.3 Å². The minimum atomic E-state index is -0.882. The number of rotatable bonds is 7. The van der Waals surface area contributed by atoms with Crippen molar-refractivity contribution in [2.24, 2.45) is 17.6 Å². The summed E-state index contributed by atoms with van der Waals surface area (Å²) in [4.78, 5) is 42.4. The highest BCUT2D eigenvalue weighted by Crippen LogP contribution is 2.53. The molecule has 2 fully saturated rings. The van der Waals surface area contributed by atoms with Gasteiger partial charge in [0.25, 0.3) is 5.69 Å². The molecular formula is C20H21ClFN7O4. The molecule has 2 aliphatic carbocycles. The summed E-state index contributed by atoms with van der Waals surface area (Å²) in [6, 6.07) is 5.22. The number of carbonyl (C=O) groups excluding carboxylic acids is 2. The SMILES string of the molecule is NC(=O)C1CC2CC1(Nc1nc(Cl)ncc1F)CC2NC(=O)NCc1cccc([N+](=O)[O-])c1. The molecule has 4 rings (SSSR count). The minimum Gasteiger partial charge on any atom is -0.369 e. The van der Waals surface area contributed by atoms with E-state index in [-0.39, 0.29) is 35.3 Å². The van der Waals surface area contributed by atoms with Gasteiger partial charge in [-0.3, -0.25) is 14.9 Å². The van der Waals surface area contributed by atoms with Gasteiger partial charge in [0.05, 0.1) is 22.6 Å². The lowest BCUT2D eigenvalue weighted by Crippen LogP contribution is -2.53. The molecule has 2 saturated carbocycles. The predicted octanol–water partition coefficient (Wildman–Crippen LogP) is 2.11. The molecule has 0 saturated heterocycles. The van der Waals surface area contributed by atoms with Crippen molar-refractivity contribution in [3.8, 4) is 0 Å². The van der Waals surface area contributed by atoms with E-state index in [0.29, 0.717) is 24.8 Å². The van der Waals surface area contributed by atoms with Crippen LogP contribution in [0.25, 0.3) is 0 Å². The maximum absolute atomic E-state index is 14.2. The second-order valence-electron chi connectivity index (χ2n) is 8.34. The number of anilines is 1. The molecule has 4 unspecified atom stereocenters. The number of non-ortho nitro benzene ring substituents is 1. The molecule has 0 aliphatic heterocycles. The Balaban J connectivity index is 1.42. The number of nitro groups is 1. The van der Waals surface area contributed by atoms with Crippen LogP contribution in [0.1, 0.15) is 24.8 Å². The quantitative estimate of drug-likeness (QED) is 0.269. The van der Waals surface area contributed by atoms with E-state index in [1.807, 2.05) is 0 Å². The van der Waals surface area contributed by atoms with Gasteiger partial charge in [-0.15, -0.1) is 0 Å². The van der Waals surface area contributed by atoms with Crippen LogP contribution in [0, 0.1) is 27.8 Å². The minimum absolute atomic E-state index is 0.0565. The standard InChI is InChI=1S/C20H21ClFN7O4/c21-18-24-9-14(22)17(27-18)28-20-6-11(5-13(20)16(23)30)15(7-20)26-19(31)25-8-10-2-1-3-12(4-10)29(32)33/h1-4,9,11,13,15H,5-8H2,(H2,23,30)(H,24,27,28)(H2,25,26,31). The summed E-state index contributed by atoms with van der Waals surface area (Å²) in [5.41, 5.74) is 5.24. The molecule has 1 heterocycles. The van der Waals surface area contributed by atoms with Crippen molar-refractivity contribution >= 4 is 35.0 Å². The highest BCUT2D eigenvalue weighted by molar-refractivity contribution is 6.28. The first-order valence-corrected chi connectivity index (χ1v) is 10.6. The number of primary amides is 1. The number of fused-ring (bicyclic) bond motifs is 2. The van der Waals surface area contributed by atoms with E-state index in [0.717, 1.165) is 6.20 Å². The van der Waals surface area contributed by atoms with E-state index in [2.05, 4.69) is 25.9 Å². The van der Waals surface area contributed by atoms with Crippen molar-refractivity contribution < 1.29 is 18.9 Å². The summed E-state index contributed by atoms with van der Waals surface area (Å²) >= 11 is 5.79. The maximum Gasteiger partial charge on any atom is 0.315 e. The third kappa shape index (κ3) is 4.65. The number of benzene rings is 1. The summed E-state index contributed by atoms with van der Waals surface area (Å²) in [6.45, 7) is 0.100. The molecule has 2 aromatic rings. The number of carbonyl (C=O) groups is 2. The van der Waals surface area contributed by atoms with Gasteiger partial charge in [-0.2, -0.15) is 4.98 Å². The van der Waals surface area contributed by atoms with Crippen LogP contribution in [0.5, 0.6) is 0 Å². The lowest BCUT2D eigenvalue weighted by Gasteiger charge is -2.37. The maximum atomic E-state index is 14.2. The van der Waals surface area contributed by atoms with Crippen LogP contribution in [-0.2, 0) is 11.3 Å². The van der Waals surface area contributed by atoms with E-state index >= 15 is 0 Å². The fourth-order valence-electron chi connectivity index (χ4n) is 4.91. The Morgan fingerprint density at radius 2 is 2.15 bits per heavy atom. The monoisotopic (exact) mass is 477 g/mol. The van der Waals surface area contributed by atoms with Crippen LogP contribution < -0.4 is 21.7 Å². The average molecular weight is 478 g/mol. The molecule has 1 aromatic carbocycles. The van der Waals surface area contributed by atoms with E-state index < -0.39 is 34.1 Å². The van der Waals surface area contributed by atoms with Crippen molar-refractivity contribution in [2.45, 2.75) is 37.4 Å². The van der Waals surface area contributed by atoms with Gasteiger partial charge in [0.2, 0.25) is 11.2 Å². The van der Waals surface area contributed by atoms with Gasteiger partial charge in [0.15, 0.2) is 11.6 Å². The lowest BCUT2D eigenvalue weighted by molar-refractivity contribution is -0.384. The Morgan fingerprint density at radius 3 is 2.88 bits per heavy atom. The molecule has 33 heavy (non-hydrogen) atoms. The van der Waals surface area contributed by atoms with Gasteiger partial charge < -0.3 is 21.7 Å². The molecule has 0 spiro atoms. The van der Waals surface area contributed by atoms with Crippen LogP contribution in [-0.4, -0.2) is 38.4 Å². The third-order valence-electron chi connectivity index (χ3n) is 6.30. The van der Waals surface area contributed by atoms with Crippen molar-refractivity contribution in [3.63, 3.8) is 0 Å². The molecular weight excluding hydrogens is 457 g/mol. The molecule has 5 N–H and O–H groups in total. The average Bonchev–Trinajstić information content (AvgIpc) is 3.30. The summed E-state index contributed by atoms with van der Waals surface area (Å²) in [7, 11) is 0. The summed E-state index contributed by atoms with van der Waals surface area (Å²) in [5.74, 6) is -1.98. The second kappa shape index (κ2) is 8.77. The number of aromatic nitrogens is 2. The van der Waals surface area contributed by atoms with Crippen LogP contribution in [0.3, 0.4) is 0 Å². The largest absolute Gasteiger partial charge is 0.369 e. The van der Waals surface area contributed by atoms with Gasteiger partial charge >= 0.3 is 6.03 Å². The van der Waals surface area contributed by atoms with E-state index in [4.69, 9.17) is 17.3 Å². The fraction of sp³-hybridized carbons (Fsp3) is 0.400. The Morgan fingerprint density at radius 1 is 1.36 bits per heavy atom. The highest BCUT2D eigenvalue weighted by atomic mass is 35.5. The summed E-state index contributed by atoms with van der Waals surface area (Å²) < 4.78 is 14.2.